The highest BCUT2D eigenvalue weighted by atomic mass is 79.9. The molecule has 2 amide bonds. The Morgan fingerprint density at radius 1 is 0.944 bits per heavy atom. The second-order valence-corrected chi connectivity index (χ2v) is 10.8. The van der Waals surface area contributed by atoms with Crippen molar-refractivity contribution in [1.29, 1.82) is 0 Å². The predicted octanol–water partition coefficient (Wildman–Crippen LogP) is 5.12. The molecule has 36 heavy (non-hydrogen) atoms. The second kappa shape index (κ2) is 11.3. The quantitative estimate of drug-likeness (QED) is 0.249. The van der Waals surface area contributed by atoms with Gasteiger partial charge in [-0.25, -0.2) is 13.4 Å². The maximum atomic E-state index is 13.1. The van der Waals surface area contributed by atoms with E-state index in [9.17, 15) is 18.0 Å². The van der Waals surface area contributed by atoms with Crippen LogP contribution < -0.4 is 15.4 Å². The van der Waals surface area contributed by atoms with Crippen molar-refractivity contribution in [3.63, 3.8) is 0 Å². The second-order valence-electron chi connectivity index (χ2n) is 7.35. The SMILES string of the molecule is O=C(Nc1ccc(S(=O)(=O)Nc2nccs2)cc1)/C(=C\c1cccc(Br)c1)NC(=O)c1ccccc1. The molecule has 1 aromatic heterocycles. The van der Waals surface area contributed by atoms with Crippen molar-refractivity contribution in [2.75, 3.05) is 10.0 Å². The number of thiazole rings is 1. The Morgan fingerprint density at radius 3 is 2.36 bits per heavy atom. The van der Waals surface area contributed by atoms with Gasteiger partial charge >= 0.3 is 0 Å². The van der Waals surface area contributed by atoms with Crippen LogP contribution in [0.4, 0.5) is 10.8 Å². The smallest absolute Gasteiger partial charge is 0.272 e. The van der Waals surface area contributed by atoms with E-state index in [2.05, 4.69) is 36.3 Å². The van der Waals surface area contributed by atoms with Crippen LogP contribution in [0.2, 0.25) is 0 Å². The average Bonchev–Trinajstić information content (AvgIpc) is 3.37. The third-order valence-corrected chi connectivity index (χ3v) is 7.43. The van der Waals surface area contributed by atoms with Gasteiger partial charge in [0, 0.05) is 27.3 Å². The van der Waals surface area contributed by atoms with Crippen molar-refractivity contribution in [2.24, 2.45) is 0 Å². The predicted molar refractivity (Wildman–Crippen MR) is 144 cm³/mol. The van der Waals surface area contributed by atoms with E-state index in [4.69, 9.17) is 0 Å². The van der Waals surface area contributed by atoms with E-state index in [1.807, 2.05) is 12.1 Å². The maximum Gasteiger partial charge on any atom is 0.272 e. The molecule has 1 heterocycles. The van der Waals surface area contributed by atoms with Crippen molar-refractivity contribution >= 4 is 66.0 Å². The minimum atomic E-state index is -3.82. The van der Waals surface area contributed by atoms with Crippen LogP contribution in [0.25, 0.3) is 6.08 Å². The number of carbonyl (C=O) groups excluding carboxylic acids is 2. The maximum absolute atomic E-state index is 13.1. The number of nitrogens with zero attached hydrogens (tertiary/aromatic N) is 1. The molecule has 4 rings (SSSR count). The van der Waals surface area contributed by atoms with Crippen LogP contribution in [-0.4, -0.2) is 25.2 Å². The zero-order valence-corrected chi connectivity index (χ0v) is 21.7. The first-order valence-corrected chi connectivity index (χ1v) is 13.6. The van der Waals surface area contributed by atoms with Gasteiger partial charge in [-0.3, -0.25) is 14.3 Å². The van der Waals surface area contributed by atoms with E-state index >= 15 is 0 Å². The van der Waals surface area contributed by atoms with Crippen LogP contribution in [-0.2, 0) is 14.8 Å². The number of halogens is 1. The standard InChI is InChI=1S/C25H19BrN4O4S2/c26-19-8-4-5-17(15-19)16-22(29-23(31)18-6-2-1-3-7-18)24(32)28-20-9-11-21(12-10-20)36(33,34)30-25-27-13-14-35-25/h1-16H,(H,27,30)(H,28,32)(H,29,31)/b22-16+. The summed E-state index contributed by atoms with van der Waals surface area (Å²) in [6.07, 6.45) is 3.05. The number of hydrogen-bond donors (Lipinski definition) is 3. The van der Waals surface area contributed by atoms with Crippen molar-refractivity contribution in [2.45, 2.75) is 4.90 Å². The van der Waals surface area contributed by atoms with Gasteiger partial charge in [-0.05, 0) is 60.2 Å². The zero-order chi connectivity index (χ0) is 25.5. The summed E-state index contributed by atoms with van der Waals surface area (Å²) in [7, 11) is -3.82. The fourth-order valence-corrected chi connectivity index (χ4v) is 5.27. The van der Waals surface area contributed by atoms with Gasteiger partial charge in [0.2, 0.25) is 0 Å². The van der Waals surface area contributed by atoms with Gasteiger partial charge in [0.05, 0.1) is 4.90 Å². The lowest BCUT2D eigenvalue weighted by atomic mass is 10.1. The van der Waals surface area contributed by atoms with Crippen molar-refractivity contribution in [3.05, 3.63) is 112 Å². The highest BCUT2D eigenvalue weighted by molar-refractivity contribution is 9.10. The van der Waals surface area contributed by atoms with Crippen LogP contribution in [0, 0.1) is 0 Å². The molecule has 0 aliphatic rings. The Morgan fingerprint density at radius 2 is 1.69 bits per heavy atom. The largest absolute Gasteiger partial charge is 0.321 e. The van der Waals surface area contributed by atoms with Gasteiger partial charge in [-0.15, -0.1) is 11.3 Å². The van der Waals surface area contributed by atoms with Crippen molar-refractivity contribution in [1.82, 2.24) is 10.3 Å². The molecule has 0 spiro atoms. The molecular formula is C25H19BrN4O4S2. The number of hydrogen-bond acceptors (Lipinski definition) is 6. The summed E-state index contributed by atoms with van der Waals surface area (Å²) < 4.78 is 28.3. The topological polar surface area (TPSA) is 117 Å². The zero-order valence-electron chi connectivity index (χ0n) is 18.5. The lowest BCUT2D eigenvalue weighted by Gasteiger charge is -2.12. The summed E-state index contributed by atoms with van der Waals surface area (Å²) in [4.78, 5) is 29.8. The van der Waals surface area contributed by atoms with Gasteiger partial charge in [0.1, 0.15) is 5.70 Å². The monoisotopic (exact) mass is 582 g/mol. The molecule has 0 aliphatic carbocycles. The molecule has 182 valence electrons. The Kier molecular flexibility index (Phi) is 7.93. The van der Waals surface area contributed by atoms with Gasteiger partial charge in [-0.2, -0.15) is 0 Å². The van der Waals surface area contributed by atoms with Crippen LogP contribution in [0.1, 0.15) is 15.9 Å². The van der Waals surface area contributed by atoms with Crippen LogP contribution in [0.3, 0.4) is 0 Å². The number of rotatable bonds is 8. The van der Waals surface area contributed by atoms with E-state index in [0.29, 0.717) is 16.8 Å². The minimum absolute atomic E-state index is 0.0120. The van der Waals surface area contributed by atoms with Crippen LogP contribution in [0.5, 0.6) is 0 Å². The number of aromatic nitrogens is 1. The Hall–Kier alpha value is -3.80. The molecule has 11 heteroatoms. The van der Waals surface area contributed by atoms with Gasteiger partial charge in [-0.1, -0.05) is 46.3 Å². The van der Waals surface area contributed by atoms with Crippen molar-refractivity contribution in [3.8, 4) is 0 Å². The molecule has 0 fully saturated rings. The van der Waals surface area contributed by atoms with E-state index < -0.39 is 21.8 Å². The Labute approximate surface area is 220 Å². The third kappa shape index (κ3) is 6.66. The summed E-state index contributed by atoms with van der Waals surface area (Å²) >= 11 is 4.56. The highest BCUT2D eigenvalue weighted by Gasteiger charge is 2.18. The molecule has 3 aromatic carbocycles. The molecule has 0 radical (unpaired) electrons. The molecule has 0 bridgehead atoms. The molecule has 0 saturated carbocycles. The first-order valence-electron chi connectivity index (χ1n) is 10.5. The molecule has 4 aromatic rings. The summed E-state index contributed by atoms with van der Waals surface area (Å²) in [6.45, 7) is 0. The van der Waals surface area contributed by atoms with E-state index in [1.165, 1.54) is 30.5 Å². The normalized spacial score (nSPS) is 11.5. The first-order chi connectivity index (χ1) is 17.3. The summed E-state index contributed by atoms with van der Waals surface area (Å²) in [5.41, 5.74) is 1.46. The van der Waals surface area contributed by atoms with E-state index in [0.717, 1.165) is 15.8 Å². The first kappa shape index (κ1) is 25.3. The summed E-state index contributed by atoms with van der Waals surface area (Å²) in [6, 6.07) is 21.4. The van der Waals surface area contributed by atoms with Gasteiger partial charge < -0.3 is 10.6 Å². The number of amides is 2. The Bertz CT molecular complexity index is 1510. The van der Waals surface area contributed by atoms with E-state index in [-0.39, 0.29) is 15.7 Å². The molecular weight excluding hydrogens is 564 g/mol. The molecule has 0 unspecified atom stereocenters. The van der Waals surface area contributed by atoms with Gasteiger partial charge in [0.25, 0.3) is 21.8 Å². The number of sulfonamides is 1. The molecule has 8 nitrogen and oxygen atoms in total. The average molecular weight is 583 g/mol. The molecule has 0 saturated heterocycles. The lowest BCUT2D eigenvalue weighted by molar-refractivity contribution is -0.113. The highest BCUT2D eigenvalue weighted by Crippen LogP contribution is 2.20. The van der Waals surface area contributed by atoms with Gasteiger partial charge in [0.15, 0.2) is 5.13 Å². The molecule has 0 atom stereocenters. The fourth-order valence-electron chi connectivity index (χ4n) is 3.07. The number of nitrogens with one attached hydrogen (secondary N) is 3. The Balaban J connectivity index is 1.54. The number of carbonyl (C=O) groups is 2. The molecule has 0 aliphatic heterocycles. The van der Waals surface area contributed by atoms with Crippen LogP contribution >= 0.6 is 27.3 Å². The third-order valence-electron chi connectivity index (χ3n) is 4.76. The van der Waals surface area contributed by atoms with E-state index in [1.54, 1.807) is 53.9 Å². The number of benzene rings is 3. The van der Waals surface area contributed by atoms with Crippen molar-refractivity contribution < 1.29 is 18.0 Å². The lowest BCUT2D eigenvalue weighted by Crippen LogP contribution is -2.30. The summed E-state index contributed by atoms with van der Waals surface area (Å²) in [5, 5.41) is 7.28. The minimum Gasteiger partial charge on any atom is -0.321 e. The number of anilines is 2. The fraction of sp³-hybridized carbons (Fsp3) is 0. The summed E-state index contributed by atoms with van der Waals surface area (Å²) in [5.74, 6) is -1.02. The van der Waals surface area contributed by atoms with Crippen LogP contribution in [0.15, 0.2) is 106 Å². The molecule has 3 N–H and O–H groups in total.